The highest BCUT2D eigenvalue weighted by atomic mass is 79.9. The van der Waals surface area contributed by atoms with Gasteiger partial charge in [0, 0.05) is 29.4 Å². The second kappa shape index (κ2) is 8.63. The molecular formula is C14H19BrN2O4. The summed E-state index contributed by atoms with van der Waals surface area (Å²) >= 11 is 3.28. The van der Waals surface area contributed by atoms with Crippen LogP contribution in [-0.4, -0.2) is 50.2 Å². The van der Waals surface area contributed by atoms with Gasteiger partial charge in [-0.1, -0.05) is 0 Å². The Hall–Kier alpha value is -1.60. The maximum Gasteiger partial charge on any atom is 0.325 e. The molecule has 1 amide bonds. The maximum absolute atomic E-state index is 12.5. The van der Waals surface area contributed by atoms with Crippen LogP contribution in [0.4, 0.5) is 5.69 Å². The standard InChI is InChI=1S/C14H19BrN2O4/c1-3-21-13(18)9-17(6-7-20-2)14(19)10-4-5-12(16)11(15)8-10/h4-5,8H,3,6-7,9,16H2,1-2H3. The van der Waals surface area contributed by atoms with Crippen molar-refractivity contribution >= 4 is 33.5 Å². The smallest absolute Gasteiger partial charge is 0.325 e. The topological polar surface area (TPSA) is 81.9 Å². The van der Waals surface area contributed by atoms with Crippen LogP contribution >= 0.6 is 15.9 Å². The molecule has 0 aliphatic heterocycles. The second-order valence-corrected chi connectivity index (χ2v) is 5.12. The summed E-state index contributed by atoms with van der Waals surface area (Å²) in [5, 5.41) is 0. The predicted molar refractivity (Wildman–Crippen MR) is 83.0 cm³/mol. The highest BCUT2D eigenvalue weighted by Gasteiger charge is 2.19. The summed E-state index contributed by atoms with van der Waals surface area (Å²) < 4.78 is 10.5. The van der Waals surface area contributed by atoms with Crippen LogP contribution in [0.15, 0.2) is 22.7 Å². The fraction of sp³-hybridized carbons (Fsp3) is 0.429. The first-order chi connectivity index (χ1) is 9.99. The van der Waals surface area contributed by atoms with E-state index < -0.39 is 5.97 Å². The first-order valence-electron chi connectivity index (χ1n) is 6.48. The Morgan fingerprint density at radius 3 is 2.67 bits per heavy atom. The number of amides is 1. The van der Waals surface area contributed by atoms with Crippen molar-refractivity contribution in [3.63, 3.8) is 0 Å². The molecule has 0 aliphatic rings. The number of ether oxygens (including phenoxy) is 2. The molecule has 0 aromatic heterocycles. The molecule has 0 spiro atoms. The monoisotopic (exact) mass is 358 g/mol. The van der Waals surface area contributed by atoms with Crippen LogP contribution in [0.2, 0.25) is 0 Å². The summed E-state index contributed by atoms with van der Waals surface area (Å²) in [5.41, 5.74) is 6.68. The van der Waals surface area contributed by atoms with Crippen LogP contribution in [0.1, 0.15) is 17.3 Å². The molecule has 0 fully saturated rings. The molecule has 0 saturated carbocycles. The highest BCUT2D eigenvalue weighted by Crippen LogP contribution is 2.21. The Balaban J connectivity index is 2.87. The number of hydrogen-bond acceptors (Lipinski definition) is 5. The van der Waals surface area contributed by atoms with Gasteiger partial charge in [-0.3, -0.25) is 9.59 Å². The predicted octanol–water partition coefficient (Wildman–Crippen LogP) is 1.68. The summed E-state index contributed by atoms with van der Waals surface area (Å²) in [4.78, 5) is 25.4. The van der Waals surface area contributed by atoms with Crippen LogP contribution in [0.3, 0.4) is 0 Å². The van der Waals surface area contributed by atoms with Crippen molar-refractivity contribution < 1.29 is 19.1 Å². The number of carbonyl (C=O) groups excluding carboxylic acids is 2. The number of benzene rings is 1. The average molecular weight is 359 g/mol. The molecule has 7 heteroatoms. The Morgan fingerprint density at radius 2 is 2.10 bits per heavy atom. The molecule has 0 unspecified atom stereocenters. The number of anilines is 1. The van der Waals surface area contributed by atoms with E-state index >= 15 is 0 Å². The van der Waals surface area contributed by atoms with Crippen molar-refractivity contribution in [1.29, 1.82) is 0 Å². The van der Waals surface area contributed by atoms with Crippen molar-refractivity contribution in [3.05, 3.63) is 28.2 Å². The molecule has 1 rings (SSSR count). The minimum Gasteiger partial charge on any atom is -0.465 e. The van der Waals surface area contributed by atoms with E-state index in [9.17, 15) is 9.59 Å². The maximum atomic E-state index is 12.5. The number of halogens is 1. The Bertz CT molecular complexity index is 508. The van der Waals surface area contributed by atoms with Crippen LogP contribution in [0, 0.1) is 0 Å². The molecule has 2 N–H and O–H groups in total. The number of nitrogen functional groups attached to an aromatic ring is 1. The van der Waals surface area contributed by atoms with Gasteiger partial charge in [0.15, 0.2) is 0 Å². The number of nitrogens with two attached hydrogens (primary N) is 1. The molecule has 0 atom stereocenters. The zero-order valence-electron chi connectivity index (χ0n) is 12.1. The minimum atomic E-state index is -0.448. The molecule has 0 heterocycles. The van der Waals surface area contributed by atoms with E-state index in [0.717, 1.165) is 0 Å². The molecule has 0 bridgehead atoms. The lowest BCUT2D eigenvalue weighted by molar-refractivity contribution is -0.143. The Morgan fingerprint density at radius 1 is 1.38 bits per heavy atom. The SMILES string of the molecule is CCOC(=O)CN(CCOC)C(=O)c1ccc(N)c(Br)c1. The van der Waals surface area contributed by atoms with E-state index in [1.807, 2.05) is 0 Å². The van der Waals surface area contributed by atoms with Crippen LogP contribution in [0.25, 0.3) is 0 Å². The Kier molecular flexibility index (Phi) is 7.18. The molecule has 0 saturated heterocycles. The number of nitrogens with zero attached hydrogens (tertiary/aromatic N) is 1. The van der Waals surface area contributed by atoms with Crippen LogP contribution in [0.5, 0.6) is 0 Å². The quantitative estimate of drug-likeness (QED) is 0.592. The van der Waals surface area contributed by atoms with E-state index in [1.165, 1.54) is 12.0 Å². The first-order valence-corrected chi connectivity index (χ1v) is 7.27. The van der Waals surface area contributed by atoms with Gasteiger partial charge in [0.2, 0.25) is 0 Å². The summed E-state index contributed by atoms with van der Waals surface area (Å²) in [6, 6.07) is 4.88. The molecular weight excluding hydrogens is 340 g/mol. The van der Waals surface area contributed by atoms with Gasteiger partial charge in [-0.05, 0) is 41.1 Å². The van der Waals surface area contributed by atoms with Gasteiger partial charge in [-0.25, -0.2) is 0 Å². The van der Waals surface area contributed by atoms with E-state index in [2.05, 4.69) is 15.9 Å². The average Bonchev–Trinajstić information content (AvgIpc) is 2.46. The van der Waals surface area contributed by atoms with Gasteiger partial charge in [0.05, 0.1) is 13.2 Å². The number of carbonyl (C=O) groups is 2. The fourth-order valence-corrected chi connectivity index (χ4v) is 2.04. The van der Waals surface area contributed by atoms with Gasteiger partial charge in [-0.15, -0.1) is 0 Å². The molecule has 0 aliphatic carbocycles. The molecule has 0 radical (unpaired) electrons. The zero-order valence-corrected chi connectivity index (χ0v) is 13.7. The second-order valence-electron chi connectivity index (χ2n) is 4.26. The van der Waals surface area contributed by atoms with E-state index in [4.69, 9.17) is 15.2 Å². The molecule has 116 valence electrons. The lowest BCUT2D eigenvalue weighted by atomic mass is 10.2. The Labute approximate surface area is 132 Å². The number of rotatable bonds is 7. The van der Waals surface area contributed by atoms with Gasteiger partial charge < -0.3 is 20.1 Å². The summed E-state index contributed by atoms with van der Waals surface area (Å²) in [7, 11) is 1.53. The number of methoxy groups -OCH3 is 1. The van der Waals surface area contributed by atoms with Crippen molar-refractivity contribution in [2.24, 2.45) is 0 Å². The van der Waals surface area contributed by atoms with E-state index in [1.54, 1.807) is 25.1 Å². The minimum absolute atomic E-state index is 0.113. The molecule has 1 aromatic carbocycles. The van der Waals surface area contributed by atoms with Gasteiger partial charge >= 0.3 is 5.97 Å². The molecule has 21 heavy (non-hydrogen) atoms. The van der Waals surface area contributed by atoms with Crippen molar-refractivity contribution in [2.75, 3.05) is 39.1 Å². The third-order valence-corrected chi connectivity index (χ3v) is 3.41. The zero-order chi connectivity index (χ0) is 15.8. The van der Waals surface area contributed by atoms with Crippen LogP contribution < -0.4 is 5.73 Å². The van der Waals surface area contributed by atoms with Gasteiger partial charge in [0.1, 0.15) is 6.54 Å². The normalized spacial score (nSPS) is 10.2. The lowest BCUT2D eigenvalue weighted by Crippen LogP contribution is -2.38. The largest absolute Gasteiger partial charge is 0.465 e. The third-order valence-electron chi connectivity index (χ3n) is 2.73. The van der Waals surface area contributed by atoms with Gasteiger partial charge in [-0.2, -0.15) is 0 Å². The lowest BCUT2D eigenvalue weighted by Gasteiger charge is -2.21. The summed E-state index contributed by atoms with van der Waals surface area (Å²) in [6.07, 6.45) is 0. The molecule has 1 aromatic rings. The van der Waals surface area contributed by atoms with Crippen molar-refractivity contribution in [2.45, 2.75) is 6.92 Å². The van der Waals surface area contributed by atoms with Gasteiger partial charge in [0.25, 0.3) is 5.91 Å². The highest BCUT2D eigenvalue weighted by molar-refractivity contribution is 9.10. The molecule has 6 nitrogen and oxygen atoms in total. The fourth-order valence-electron chi connectivity index (χ4n) is 1.66. The van der Waals surface area contributed by atoms with Crippen LogP contribution in [-0.2, 0) is 14.3 Å². The van der Waals surface area contributed by atoms with E-state index in [-0.39, 0.29) is 19.1 Å². The first kappa shape index (κ1) is 17.5. The number of esters is 1. The summed E-state index contributed by atoms with van der Waals surface area (Å²) in [6.45, 7) is 2.52. The van der Waals surface area contributed by atoms with Crippen molar-refractivity contribution in [1.82, 2.24) is 4.90 Å². The third kappa shape index (κ3) is 5.35. The number of hydrogen-bond donors (Lipinski definition) is 1. The van der Waals surface area contributed by atoms with E-state index in [0.29, 0.717) is 28.9 Å². The van der Waals surface area contributed by atoms with Crippen molar-refractivity contribution in [3.8, 4) is 0 Å². The summed E-state index contributed by atoms with van der Waals surface area (Å²) in [5.74, 6) is -0.725.